The maximum absolute atomic E-state index is 11.9. The minimum atomic E-state index is -1.41. The zero-order valence-corrected chi connectivity index (χ0v) is 12.1. The van der Waals surface area contributed by atoms with Crippen LogP contribution in [0.3, 0.4) is 0 Å². The van der Waals surface area contributed by atoms with E-state index in [-0.39, 0.29) is 0 Å². The van der Waals surface area contributed by atoms with Crippen molar-refractivity contribution in [2.24, 2.45) is 5.41 Å². The molecule has 104 valence electrons. The molecule has 1 rings (SSSR count). The molecule has 1 amide bonds. The van der Waals surface area contributed by atoms with Gasteiger partial charge in [0.15, 0.2) is 0 Å². The molecule has 0 saturated heterocycles. The number of carbonyl (C=O) groups is 2. The largest absolute Gasteiger partial charge is 0.480 e. The van der Waals surface area contributed by atoms with Crippen LogP contribution in [0.2, 0.25) is 0 Å². The molecule has 0 radical (unpaired) electrons. The predicted molar refractivity (Wildman–Crippen MR) is 73.9 cm³/mol. The van der Waals surface area contributed by atoms with Gasteiger partial charge in [-0.3, -0.25) is 9.59 Å². The van der Waals surface area contributed by atoms with Gasteiger partial charge in [-0.1, -0.05) is 12.1 Å². The molecule has 0 aromatic heterocycles. The van der Waals surface area contributed by atoms with Gasteiger partial charge in [0.05, 0.1) is 0 Å². The summed E-state index contributed by atoms with van der Waals surface area (Å²) in [5.74, 6) is -1.60. The van der Waals surface area contributed by atoms with Gasteiger partial charge < -0.3 is 10.4 Å². The van der Waals surface area contributed by atoms with Crippen molar-refractivity contribution in [3.8, 4) is 0 Å². The minimum absolute atomic E-state index is 0.350. The molecular formula is C15H21NO3. The molecular weight excluding hydrogens is 242 g/mol. The van der Waals surface area contributed by atoms with E-state index < -0.39 is 17.3 Å². The average Bonchev–Trinajstić information content (AvgIpc) is 2.34. The number of amides is 1. The zero-order chi connectivity index (χ0) is 14.8. The van der Waals surface area contributed by atoms with Crippen LogP contribution in [-0.2, 0) is 16.1 Å². The number of aryl methyl sites for hydroxylation is 1. The van der Waals surface area contributed by atoms with Crippen molar-refractivity contribution in [3.05, 3.63) is 34.4 Å². The van der Waals surface area contributed by atoms with Gasteiger partial charge in [-0.2, -0.15) is 0 Å². The Kier molecular flexibility index (Phi) is 4.35. The molecule has 0 aliphatic heterocycles. The highest BCUT2D eigenvalue weighted by Gasteiger charge is 2.35. The normalized spacial score (nSPS) is 11.2. The van der Waals surface area contributed by atoms with Crippen LogP contribution >= 0.6 is 0 Å². The van der Waals surface area contributed by atoms with Gasteiger partial charge in [-0.25, -0.2) is 0 Å². The molecule has 0 heterocycles. The number of carboxylic acids is 1. The van der Waals surface area contributed by atoms with Crippen molar-refractivity contribution in [2.45, 2.75) is 41.2 Å². The van der Waals surface area contributed by atoms with Crippen LogP contribution in [0.5, 0.6) is 0 Å². The van der Waals surface area contributed by atoms with E-state index in [0.717, 1.165) is 11.1 Å². The zero-order valence-electron chi connectivity index (χ0n) is 12.1. The lowest BCUT2D eigenvalue weighted by molar-refractivity contribution is -0.153. The maximum atomic E-state index is 11.9. The van der Waals surface area contributed by atoms with Crippen LogP contribution in [-0.4, -0.2) is 17.0 Å². The number of nitrogens with one attached hydrogen (secondary N) is 1. The van der Waals surface area contributed by atoms with Gasteiger partial charge in [0.1, 0.15) is 5.41 Å². The van der Waals surface area contributed by atoms with Crippen LogP contribution in [0.25, 0.3) is 0 Å². The summed E-state index contributed by atoms with van der Waals surface area (Å²) in [7, 11) is 0. The summed E-state index contributed by atoms with van der Waals surface area (Å²) in [4.78, 5) is 22.8. The van der Waals surface area contributed by atoms with Crippen molar-refractivity contribution in [2.75, 3.05) is 0 Å². The quantitative estimate of drug-likeness (QED) is 0.819. The van der Waals surface area contributed by atoms with Crippen molar-refractivity contribution in [3.63, 3.8) is 0 Å². The fourth-order valence-electron chi connectivity index (χ4n) is 1.70. The number of aliphatic carboxylic acids is 1. The fraction of sp³-hybridized carbons (Fsp3) is 0.467. The summed E-state index contributed by atoms with van der Waals surface area (Å²) in [5, 5.41) is 11.7. The molecule has 0 aliphatic carbocycles. The molecule has 0 aliphatic rings. The van der Waals surface area contributed by atoms with E-state index >= 15 is 0 Å². The van der Waals surface area contributed by atoms with Crippen molar-refractivity contribution >= 4 is 11.9 Å². The van der Waals surface area contributed by atoms with E-state index in [9.17, 15) is 9.59 Å². The van der Waals surface area contributed by atoms with Gasteiger partial charge in [-0.15, -0.1) is 0 Å². The summed E-state index contributed by atoms with van der Waals surface area (Å²) < 4.78 is 0. The molecule has 2 N–H and O–H groups in total. The standard InChI is InChI=1S/C15H21NO3/c1-9-6-7-12(11(3)10(9)2)8-16-13(17)15(4,5)14(18)19/h6-7H,8H2,1-5H3,(H,16,17)(H,18,19). The molecule has 0 spiro atoms. The minimum Gasteiger partial charge on any atom is -0.480 e. The third-order valence-corrected chi connectivity index (χ3v) is 3.71. The Morgan fingerprint density at radius 3 is 2.26 bits per heavy atom. The Labute approximate surface area is 113 Å². The van der Waals surface area contributed by atoms with Crippen LogP contribution in [0.4, 0.5) is 0 Å². The highest BCUT2D eigenvalue weighted by Crippen LogP contribution is 2.19. The molecule has 0 atom stereocenters. The number of hydrogen-bond donors (Lipinski definition) is 2. The highest BCUT2D eigenvalue weighted by atomic mass is 16.4. The SMILES string of the molecule is Cc1ccc(CNC(=O)C(C)(C)C(=O)O)c(C)c1C. The lowest BCUT2D eigenvalue weighted by Crippen LogP contribution is -2.42. The van der Waals surface area contributed by atoms with Crippen molar-refractivity contribution in [1.29, 1.82) is 0 Å². The van der Waals surface area contributed by atoms with E-state index in [2.05, 4.69) is 5.32 Å². The summed E-state index contributed by atoms with van der Waals surface area (Å²) >= 11 is 0. The monoisotopic (exact) mass is 263 g/mol. The summed E-state index contributed by atoms with van der Waals surface area (Å²) in [6, 6.07) is 3.97. The van der Waals surface area contributed by atoms with E-state index in [1.165, 1.54) is 25.0 Å². The molecule has 4 nitrogen and oxygen atoms in total. The Morgan fingerprint density at radius 1 is 1.16 bits per heavy atom. The van der Waals surface area contributed by atoms with E-state index in [1.54, 1.807) is 0 Å². The number of rotatable bonds is 4. The predicted octanol–water partition coefficient (Wildman–Crippen LogP) is 2.34. The van der Waals surface area contributed by atoms with Gasteiger partial charge in [0.25, 0.3) is 0 Å². The first kappa shape index (κ1) is 15.2. The second-order valence-electron chi connectivity index (χ2n) is 5.40. The first-order valence-electron chi connectivity index (χ1n) is 6.25. The first-order chi connectivity index (χ1) is 8.67. The summed E-state index contributed by atoms with van der Waals surface area (Å²) in [6.07, 6.45) is 0. The third kappa shape index (κ3) is 3.13. The molecule has 0 fully saturated rings. The third-order valence-electron chi connectivity index (χ3n) is 3.71. The maximum Gasteiger partial charge on any atom is 0.318 e. The summed E-state index contributed by atoms with van der Waals surface area (Å²) in [6.45, 7) is 9.24. The Hall–Kier alpha value is -1.84. The van der Waals surface area contributed by atoms with Crippen LogP contribution in [0.15, 0.2) is 12.1 Å². The van der Waals surface area contributed by atoms with E-state index in [1.807, 2.05) is 32.9 Å². The van der Waals surface area contributed by atoms with Gasteiger partial charge in [0, 0.05) is 6.54 Å². The Balaban J connectivity index is 2.81. The average molecular weight is 263 g/mol. The van der Waals surface area contributed by atoms with Gasteiger partial charge >= 0.3 is 5.97 Å². The molecule has 0 saturated carbocycles. The van der Waals surface area contributed by atoms with Gasteiger partial charge in [-0.05, 0) is 56.9 Å². The van der Waals surface area contributed by atoms with Crippen LogP contribution < -0.4 is 5.32 Å². The van der Waals surface area contributed by atoms with Gasteiger partial charge in [0.2, 0.25) is 5.91 Å². The van der Waals surface area contributed by atoms with Crippen LogP contribution in [0, 0.1) is 26.2 Å². The molecule has 1 aromatic carbocycles. The lowest BCUT2D eigenvalue weighted by atomic mass is 9.92. The molecule has 0 bridgehead atoms. The second kappa shape index (κ2) is 5.43. The Morgan fingerprint density at radius 2 is 1.74 bits per heavy atom. The number of benzene rings is 1. The Bertz CT molecular complexity index is 518. The first-order valence-corrected chi connectivity index (χ1v) is 6.25. The highest BCUT2D eigenvalue weighted by molar-refractivity contribution is 6.00. The number of carbonyl (C=O) groups excluding carboxylic acids is 1. The second-order valence-corrected chi connectivity index (χ2v) is 5.40. The number of carboxylic acid groups (broad SMARTS) is 1. The van der Waals surface area contributed by atoms with Crippen molar-refractivity contribution in [1.82, 2.24) is 5.32 Å². The molecule has 19 heavy (non-hydrogen) atoms. The van der Waals surface area contributed by atoms with E-state index in [4.69, 9.17) is 5.11 Å². The molecule has 1 aromatic rings. The smallest absolute Gasteiger partial charge is 0.318 e. The number of hydrogen-bond acceptors (Lipinski definition) is 2. The topological polar surface area (TPSA) is 66.4 Å². The summed E-state index contributed by atoms with van der Waals surface area (Å²) in [5.41, 5.74) is 3.14. The molecule has 0 unspecified atom stereocenters. The lowest BCUT2D eigenvalue weighted by Gasteiger charge is -2.19. The van der Waals surface area contributed by atoms with E-state index in [0.29, 0.717) is 6.54 Å². The van der Waals surface area contributed by atoms with Crippen molar-refractivity contribution < 1.29 is 14.7 Å². The fourth-order valence-corrected chi connectivity index (χ4v) is 1.70. The molecule has 4 heteroatoms. The van der Waals surface area contributed by atoms with Crippen LogP contribution in [0.1, 0.15) is 36.1 Å².